The van der Waals surface area contributed by atoms with Gasteiger partial charge >= 0.3 is 5.97 Å². The third kappa shape index (κ3) is 5.60. The van der Waals surface area contributed by atoms with Crippen molar-refractivity contribution >= 4 is 27.6 Å². The number of carbonyl (C=O) groups is 2. The minimum absolute atomic E-state index is 0.0151. The number of sulfonamides is 1. The molecule has 0 unspecified atom stereocenters. The maximum Gasteiger partial charge on any atom is 0.356 e. The van der Waals surface area contributed by atoms with Crippen LogP contribution in [-0.2, 0) is 19.6 Å². The summed E-state index contributed by atoms with van der Waals surface area (Å²) >= 11 is 0. The largest absolute Gasteiger partial charge is 0.476 e. The zero-order valence-corrected chi connectivity index (χ0v) is 23.2. The molecule has 2 fully saturated rings. The van der Waals surface area contributed by atoms with E-state index >= 15 is 0 Å². The molecule has 2 aromatic carbocycles. The number of aromatic carboxylic acids is 1. The number of benzene rings is 2. The highest BCUT2D eigenvalue weighted by atomic mass is 32.2. The summed E-state index contributed by atoms with van der Waals surface area (Å²) < 4.78 is 41.9. The standard InChI is InChI=1S/C28H32N4O7S/c1-18-7-10-22(11-8-18)32-27(19(2)25(30-32)28(34)35)39-23-12-9-21(29-26(33)20-5-3-4-6-20)17-24(23)40(36,37)31-13-15-38-16-14-31/h7-12,17,20H,3-6,13-16H2,1-2H3,(H,29,33)(H,34,35). The maximum atomic E-state index is 13.8. The lowest BCUT2D eigenvalue weighted by Crippen LogP contribution is -2.40. The molecule has 5 rings (SSSR count). The summed E-state index contributed by atoms with van der Waals surface area (Å²) in [5.74, 6) is -1.42. The van der Waals surface area contributed by atoms with Crippen molar-refractivity contribution in [2.24, 2.45) is 5.92 Å². The van der Waals surface area contributed by atoms with Crippen LogP contribution in [0.5, 0.6) is 11.6 Å². The minimum Gasteiger partial charge on any atom is -0.476 e. The van der Waals surface area contributed by atoms with Gasteiger partial charge in [0, 0.05) is 30.3 Å². The summed E-state index contributed by atoms with van der Waals surface area (Å²) in [5.41, 5.74) is 1.91. The fourth-order valence-electron chi connectivity index (χ4n) is 5.00. The highest BCUT2D eigenvalue weighted by molar-refractivity contribution is 7.89. The number of aryl methyl sites for hydroxylation is 1. The third-order valence-corrected chi connectivity index (χ3v) is 9.20. The van der Waals surface area contributed by atoms with E-state index in [9.17, 15) is 23.1 Å². The maximum absolute atomic E-state index is 13.8. The molecule has 40 heavy (non-hydrogen) atoms. The van der Waals surface area contributed by atoms with E-state index in [1.54, 1.807) is 25.1 Å². The Bertz CT molecular complexity index is 1520. The van der Waals surface area contributed by atoms with Gasteiger partial charge in [0.1, 0.15) is 10.6 Å². The number of rotatable bonds is 8. The summed E-state index contributed by atoms with van der Waals surface area (Å²) in [6, 6.07) is 11.7. The number of morpholine rings is 1. The molecule has 0 radical (unpaired) electrons. The Balaban J connectivity index is 1.58. The Hall–Kier alpha value is -3.74. The molecule has 0 spiro atoms. The molecule has 1 saturated carbocycles. The summed E-state index contributed by atoms with van der Waals surface area (Å²) in [4.78, 5) is 24.6. The van der Waals surface area contributed by atoms with Gasteiger partial charge in [-0.15, -0.1) is 0 Å². The molecule has 1 amide bonds. The Morgan fingerprint density at radius 1 is 1.05 bits per heavy atom. The predicted octanol–water partition coefficient (Wildman–Crippen LogP) is 4.13. The molecule has 1 aromatic heterocycles. The van der Waals surface area contributed by atoms with Gasteiger partial charge in [-0.05, 0) is 57.0 Å². The lowest BCUT2D eigenvalue weighted by molar-refractivity contribution is -0.119. The molecule has 1 aliphatic carbocycles. The third-order valence-electron chi connectivity index (χ3n) is 7.28. The van der Waals surface area contributed by atoms with E-state index in [1.165, 1.54) is 21.1 Å². The number of carboxylic acid groups (broad SMARTS) is 1. The number of nitrogens with zero attached hydrogens (tertiary/aromatic N) is 3. The van der Waals surface area contributed by atoms with Crippen LogP contribution in [0.1, 0.15) is 47.3 Å². The first kappa shape index (κ1) is 27.8. The number of carbonyl (C=O) groups excluding carboxylic acids is 1. The quantitative estimate of drug-likeness (QED) is 0.413. The van der Waals surface area contributed by atoms with Gasteiger partial charge in [-0.2, -0.15) is 14.1 Å². The van der Waals surface area contributed by atoms with Crippen LogP contribution in [0, 0.1) is 19.8 Å². The number of hydrogen-bond acceptors (Lipinski definition) is 7. The van der Waals surface area contributed by atoms with Crippen LogP contribution in [0.4, 0.5) is 5.69 Å². The van der Waals surface area contributed by atoms with Crippen molar-refractivity contribution in [2.75, 3.05) is 31.6 Å². The van der Waals surface area contributed by atoms with Crippen LogP contribution in [0.3, 0.4) is 0 Å². The molecule has 12 heteroatoms. The van der Waals surface area contributed by atoms with Gasteiger partial charge in [-0.25, -0.2) is 13.2 Å². The SMILES string of the molecule is Cc1ccc(-n2nc(C(=O)O)c(C)c2Oc2ccc(NC(=O)C3CCCC3)cc2S(=O)(=O)N2CCOCC2)cc1. The zero-order valence-electron chi connectivity index (χ0n) is 22.4. The Kier molecular flexibility index (Phi) is 7.92. The fraction of sp³-hybridized carbons (Fsp3) is 0.393. The number of anilines is 1. The van der Waals surface area contributed by atoms with E-state index in [4.69, 9.17) is 9.47 Å². The lowest BCUT2D eigenvalue weighted by Gasteiger charge is -2.27. The molecular formula is C28H32N4O7S. The molecular weight excluding hydrogens is 536 g/mol. The van der Waals surface area contributed by atoms with Crippen molar-refractivity contribution in [3.8, 4) is 17.3 Å². The van der Waals surface area contributed by atoms with E-state index in [1.807, 2.05) is 19.1 Å². The number of ether oxygens (including phenoxy) is 2. The molecule has 0 atom stereocenters. The normalized spacial score (nSPS) is 16.6. The van der Waals surface area contributed by atoms with E-state index in [0.717, 1.165) is 31.2 Å². The van der Waals surface area contributed by atoms with Crippen LogP contribution in [0.25, 0.3) is 5.69 Å². The van der Waals surface area contributed by atoms with E-state index in [0.29, 0.717) is 11.4 Å². The Morgan fingerprint density at radius 2 is 1.73 bits per heavy atom. The molecule has 2 heterocycles. The van der Waals surface area contributed by atoms with E-state index in [2.05, 4.69) is 10.4 Å². The number of hydrogen-bond donors (Lipinski definition) is 2. The van der Waals surface area contributed by atoms with Gasteiger partial charge in [-0.1, -0.05) is 30.5 Å². The first-order valence-electron chi connectivity index (χ1n) is 13.3. The lowest BCUT2D eigenvalue weighted by atomic mass is 10.1. The molecule has 2 N–H and O–H groups in total. The summed E-state index contributed by atoms with van der Waals surface area (Å²) in [6.07, 6.45) is 3.60. The summed E-state index contributed by atoms with van der Waals surface area (Å²) in [6.45, 7) is 4.34. The van der Waals surface area contributed by atoms with Crippen molar-refractivity contribution < 1.29 is 32.6 Å². The van der Waals surface area contributed by atoms with Crippen LogP contribution in [-0.4, -0.2) is 65.8 Å². The summed E-state index contributed by atoms with van der Waals surface area (Å²) in [7, 11) is -4.06. The first-order valence-corrected chi connectivity index (χ1v) is 14.7. The van der Waals surface area contributed by atoms with Gasteiger partial charge in [0.05, 0.1) is 18.9 Å². The molecule has 2 aliphatic rings. The van der Waals surface area contributed by atoms with Crippen molar-refractivity contribution in [2.45, 2.75) is 44.4 Å². The fourth-order valence-corrected chi connectivity index (χ4v) is 6.55. The highest BCUT2D eigenvalue weighted by Crippen LogP contribution is 2.37. The first-order chi connectivity index (χ1) is 19.1. The molecule has 1 aliphatic heterocycles. The average Bonchev–Trinajstić information content (AvgIpc) is 3.60. The van der Waals surface area contributed by atoms with E-state index in [-0.39, 0.29) is 65.9 Å². The average molecular weight is 569 g/mol. The monoisotopic (exact) mass is 568 g/mol. The topological polar surface area (TPSA) is 140 Å². The number of carboxylic acids is 1. The van der Waals surface area contributed by atoms with Gasteiger partial charge < -0.3 is 19.9 Å². The van der Waals surface area contributed by atoms with Gasteiger partial charge in [0.25, 0.3) is 0 Å². The second-order valence-electron chi connectivity index (χ2n) is 10.1. The second-order valence-corrected chi connectivity index (χ2v) is 12.0. The zero-order chi connectivity index (χ0) is 28.4. The molecule has 11 nitrogen and oxygen atoms in total. The van der Waals surface area contributed by atoms with Crippen LogP contribution >= 0.6 is 0 Å². The molecule has 3 aromatic rings. The van der Waals surface area contributed by atoms with Crippen molar-refractivity contribution in [3.63, 3.8) is 0 Å². The molecule has 1 saturated heterocycles. The second kappa shape index (κ2) is 11.4. The summed E-state index contributed by atoms with van der Waals surface area (Å²) in [5, 5.41) is 16.9. The van der Waals surface area contributed by atoms with Crippen LogP contribution in [0.2, 0.25) is 0 Å². The predicted molar refractivity (Wildman–Crippen MR) is 147 cm³/mol. The highest BCUT2D eigenvalue weighted by Gasteiger charge is 2.32. The number of nitrogens with one attached hydrogen (secondary N) is 1. The van der Waals surface area contributed by atoms with Crippen molar-refractivity contribution in [1.82, 2.24) is 14.1 Å². The molecule has 212 valence electrons. The number of amides is 1. The minimum atomic E-state index is -4.06. The Labute approximate surface area is 232 Å². The van der Waals surface area contributed by atoms with Crippen molar-refractivity contribution in [3.05, 3.63) is 59.3 Å². The van der Waals surface area contributed by atoms with Crippen LogP contribution < -0.4 is 10.1 Å². The number of aromatic nitrogens is 2. The van der Waals surface area contributed by atoms with Gasteiger partial charge in [0.15, 0.2) is 5.69 Å². The Morgan fingerprint density at radius 3 is 2.38 bits per heavy atom. The van der Waals surface area contributed by atoms with Gasteiger partial charge in [0.2, 0.25) is 21.8 Å². The van der Waals surface area contributed by atoms with Crippen LogP contribution in [0.15, 0.2) is 47.4 Å². The van der Waals surface area contributed by atoms with Crippen molar-refractivity contribution in [1.29, 1.82) is 0 Å². The van der Waals surface area contributed by atoms with Gasteiger partial charge in [-0.3, -0.25) is 4.79 Å². The van der Waals surface area contributed by atoms with E-state index < -0.39 is 16.0 Å². The smallest absolute Gasteiger partial charge is 0.356 e. The molecule has 0 bridgehead atoms.